The number of aromatic nitrogens is 3. The van der Waals surface area contributed by atoms with Gasteiger partial charge in [-0.1, -0.05) is 0 Å². The zero-order chi connectivity index (χ0) is 18.6. The van der Waals surface area contributed by atoms with Gasteiger partial charge in [0.1, 0.15) is 17.2 Å². The third-order valence-electron chi connectivity index (χ3n) is 2.90. The van der Waals surface area contributed by atoms with Gasteiger partial charge in [-0.05, 0) is 33.8 Å². The number of rotatable bonds is 3. The third-order valence-corrected chi connectivity index (χ3v) is 2.90. The van der Waals surface area contributed by atoms with E-state index >= 15 is 0 Å². The van der Waals surface area contributed by atoms with E-state index in [0.717, 1.165) is 0 Å². The van der Waals surface area contributed by atoms with E-state index in [0.29, 0.717) is 28.6 Å². The van der Waals surface area contributed by atoms with Crippen molar-refractivity contribution in [2.45, 2.75) is 40.2 Å². The number of nitrogens with zero attached hydrogens (tertiary/aromatic N) is 3. The molecule has 0 unspecified atom stereocenters. The lowest BCUT2D eigenvalue weighted by atomic mass is 10.1. The van der Waals surface area contributed by atoms with Crippen molar-refractivity contribution in [2.24, 2.45) is 0 Å². The van der Waals surface area contributed by atoms with Crippen LogP contribution in [-0.4, -0.2) is 32.6 Å². The Morgan fingerprint density at radius 2 is 1.88 bits per heavy atom. The smallest absolute Gasteiger partial charge is 0.412 e. The van der Waals surface area contributed by atoms with Gasteiger partial charge in [0.15, 0.2) is 0 Å². The Morgan fingerprint density at radius 1 is 1.16 bits per heavy atom. The predicted molar refractivity (Wildman–Crippen MR) is 94.2 cm³/mol. The van der Waals surface area contributed by atoms with Crippen LogP contribution in [0.4, 0.5) is 16.3 Å². The molecule has 0 atom stereocenters. The summed E-state index contributed by atoms with van der Waals surface area (Å²) in [4.78, 5) is 36.0. The number of carbonyl (C=O) groups excluding carboxylic acids is 2. The maximum Gasteiger partial charge on any atom is 0.412 e. The highest BCUT2D eigenvalue weighted by Crippen LogP contribution is 2.28. The summed E-state index contributed by atoms with van der Waals surface area (Å²) in [6.07, 6.45) is 2.54. The molecule has 0 saturated carbocycles. The first-order chi connectivity index (χ1) is 11.6. The number of amides is 2. The van der Waals surface area contributed by atoms with Crippen molar-refractivity contribution < 1.29 is 14.3 Å². The first-order valence-electron chi connectivity index (χ1n) is 7.72. The fourth-order valence-electron chi connectivity index (χ4n) is 2.03. The lowest BCUT2D eigenvalue weighted by Gasteiger charge is -2.20. The van der Waals surface area contributed by atoms with Crippen molar-refractivity contribution in [3.63, 3.8) is 0 Å². The lowest BCUT2D eigenvalue weighted by Crippen LogP contribution is -2.27. The number of nitrogens with one attached hydrogen (secondary N) is 2. The molecule has 0 aliphatic carbocycles. The maximum atomic E-state index is 12.1. The van der Waals surface area contributed by atoms with Crippen LogP contribution in [0, 0.1) is 6.92 Å². The van der Waals surface area contributed by atoms with E-state index in [1.165, 1.54) is 13.1 Å². The molecule has 0 aliphatic rings. The molecular formula is C17H21N5O3. The van der Waals surface area contributed by atoms with E-state index in [2.05, 4.69) is 25.6 Å². The molecule has 0 saturated heterocycles. The van der Waals surface area contributed by atoms with Crippen LogP contribution in [0.5, 0.6) is 0 Å². The average molecular weight is 343 g/mol. The first-order valence-corrected chi connectivity index (χ1v) is 7.72. The van der Waals surface area contributed by atoms with Gasteiger partial charge in [0.25, 0.3) is 0 Å². The van der Waals surface area contributed by atoms with Gasteiger partial charge in [0.05, 0.1) is 11.4 Å². The SMILES string of the molecule is CC(=O)Nc1cc(NC(=O)OC(C)(C)C)c(-c2ccnc(C)n2)cn1. The van der Waals surface area contributed by atoms with Crippen molar-refractivity contribution in [1.82, 2.24) is 15.0 Å². The van der Waals surface area contributed by atoms with Crippen molar-refractivity contribution in [3.05, 3.63) is 30.4 Å². The Morgan fingerprint density at radius 3 is 2.48 bits per heavy atom. The first kappa shape index (κ1) is 18.3. The summed E-state index contributed by atoms with van der Waals surface area (Å²) in [6, 6.07) is 3.26. The number of pyridine rings is 1. The normalized spacial score (nSPS) is 10.9. The monoisotopic (exact) mass is 343 g/mol. The zero-order valence-corrected chi connectivity index (χ0v) is 14.9. The molecule has 0 spiro atoms. The zero-order valence-electron chi connectivity index (χ0n) is 14.9. The van der Waals surface area contributed by atoms with Crippen molar-refractivity contribution in [1.29, 1.82) is 0 Å². The van der Waals surface area contributed by atoms with Gasteiger partial charge in [-0.25, -0.2) is 19.7 Å². The quantitative estimate of drug-likeness (QED) is 0.886. The molecule has 8 nitrogen and oxygen atoms in total. The highest BCUT2D eigenvalue weighted by molar-refractivity contribution is 5.94. The van der Waals surface area contributed by atoms with Crippen LogP contribution in [0.25, 0.3) is 11.3 Å². The molecule has 2 amide bonds. The van der Waals surface area contributed by atoms with Gasteiger partial charge in [-0.3, -0.25) is 10.1 Å². The second kappa shape index (κ2) is 7.25. The molecule has 0 bridgehead atoms. The largest absolute Gasteiger partial charge is 0.444 e. The van der Waals surface area contributed by atoms with Gasteiger partial charge in [-0.15, -0.1) is 0 Å². The predicted octanol–water partition coefficient (Wildman–Crippen LogP) is 3.15. The highest BCUT2D eigenvalue weighted by atomic mass is 16.6. The number of hydrogen-bond donors (Lipinski definition) is 2. The van der Waals surface area contributed by atoms with E-state index in [1.54, 1.807) is 46.0 Å². The molecule has 2 N–H and O–H groups in total. The second-order valence-electron chi connectivity index (χ2n) is 6.41. The molecular weight excluding hydrogens is 322 g/mol. The molecule has 0 aromatic carbocycles. The number of ether oxygens (including phenoxy) is 1. The molecule has 2 aromatic heterocycles. The summed E-state index contributed by atoms with van der Waals surface area (Å²) in [6.45, 7) is 8.47. The Labute approximate surface area is 146 Å². The van der Waals surface area contributed by atoms with Crippen molar-refractivity contribution in [2.75, 3.05) is 10.6 Å². The summed E-state index contributed by atoms with van der Waals surface area (Å²) >= 11 is 0. The molecule has 2 heterocycles. The molecule has 2 aromatic rings. The summed E-state index contributed by atoms with van der Waals surface area (Å²) in [7, 11) is 0. The molecule has 8 heteroatoms. The summed E-state index contributed by atoms with van der Waals surface area (Å²) in [5.74, 6) is 0.640. The van der Waals surface area contributed by atoms with E-state index in [-0.39, 0.29) is 5.91 Å². The molecule has 0 radical (unpaired) electrons. The van der Waals surface area contributed by atoms with Gasteiger partial charge < -0.3 is 10.1 Å². The fourth-order valence-corrected chi connectivity index (χ4v) is 2.03. The molecule has 2 rings (SSSR count). The minimum Gasteiger partial charge on any atom is -0.444 e. The molecule has 0 fully saturated rings. The fraction of sp³-hybridized carbons (Fsp3) is 0.353. The number of anilines is 2. The molecule has 0 aliphatic heterocycles. The number of carbonyl (C=O) groups is 2. The summed E-state index contributed by atoms with van der Waals surface area (Å²) < 4.78 is 5.29. The Balaban J connectivity index is 2.41. The number of aryl methyl sites for hydroxylation is 1. The third kappa shape index (κ3) is 5.52. The van der Waals surface area contributed by atoms with Crippen LogP contribution in [0.2, 0.25) is 0 Å². The van der Waals surface area contributed by atoms with E-state index in [9.17, 15) is 9.59 Å². The molecule has 25 heavy (non-hydrogen) atoms. The number of hydrogen-bond acceptors (Lipinski definition) is 6. The highest BCUT2D eigenvalue weighted by Gasteiger charge is 2.18. The van der Waals surface area contributed by atoms with E-state index in [1.807, 2.05) is 0 Å². The van der Waals surface area contributed by atoms with Gasteiger partial charge in [-0.2, -0.15) is 0 Å². The summed E-state index contributed by atoms with van der Waals surface area (Å²) in [5, 5.41) is 5.27. The van der Waals surface area contributed by atoms with Crippen LogP contribution >= 0.6 is 0 Å². The van der Waals surface area contributed by atoms with Gasteiger partial charge in [0.2, 0.25) is 5.91 Å². The van der Waals surface area contributed by atoms with Crippen LogP contribution in [0.3, 0.4) is 0 Å². The van der Waals surface area contributed by atoms with Crippen LogP contribution in [0.15, 0.2) is 24.5 Å². The van der Waals surface area contributed by atoms with E-state index < -0.39 is 11.7 Å². The van der Waals surface area contributed by atoms with Crippen LogP contribution in [0.1, 0.15) is 33.5 Å². The Hall–Kier alpha value is -3.03. The molecule has 132 valence electrons. The topological polar surface area (TPSA) is 106 Å². The Kier molecular flexibility index (Phi) is 5.31. The Bertz CT molecular complexity index is 799. The van der Waals surface area contributed by atoms with Crippen molar-refractivity contribution in [3.8, 4) is 11.3 Å². The average Bonchev–Trinajstić information content (AvgIpc) is 2.44. The van der Waals surface area contributed by atoms with Gasteiger partial charge in [0, 0.05) is 30.9 Å². The van der Waals surface area contributed by atoms with E-state index in [4.69, 9.17) is 4.74 Å². The minimum absolute atomic E-state index is 0.263. The van der Waals surface area contributed by atoms with Crippen LogP contribution < -0.4 is 10.6 Å². The lowest BCUT2D eigenvalue weighted by molar-refractivity contribution is -0.114. The maximum absolute atomic E-state index is 12.1. The summed E-state index contributed by atoms with van der Waals surface area (Å²) in [5.41, 5.74) is 0.973. The van der Waals surface area contributed by atoms with Crippen LogP contribution in [-0.2, 0) is 9.53 Å². The van der Waals surface area contributed by atoms with Gasteiger partial charge >= 0.3 is 6.09 Å². The minimum atomic E-state index is -0.636. The standard InChI is InChI=1S/C17H21N5O3/c1-10-18-7-6-13(20-10)12-9-19-15(21-11(2)23)8-14(12)22-16(24)25-17(3,4)5/h6-9H,1-5H3,(H2,19,21,22,23,24). The van der Waals surface area contributed by atoms with Crippen molar-refractivity contribution >= 4 is 23.5 Å². The second-order valence-corrected chi connectivity index (χ2v) is 6.41.